The SMILES string of the molecule is [2H]c1c([2H])c(OS(=O)(=O)O)c([2H])c([2H])c1C=CC(=O)O. The smallest absolute Gasteiger partial charge is 0.446 e. The molecule has 6 nitrogen and oxygen atoms in total. The average Bonchev–Trinajstić information content (AvgIpc) is 2.30. The summed E-state index contributed by atoms with van der Waals surface area (Å²) in [7, 11) is -5.01. The fourth-order valence-electron chi connectivity index (χ4n) is 0.696. The lowest BCUT2D eigenvalue weighted by Crippen LogP contribution is -2.06. The molecule has 0 aromatic heterocycles. The van der Waals surface area contributed by atoms with Crippen molar-refractivity contribution in [3.05, 3.63) is 35.8 Å². The van der Waals surface area contributed by atoms with E-state index in [2.05, 4.69) is 4.18 Å². The third-order valence-electron chi connectivity index (χ3n) is 1.20. The minimum absolute atomic E-state index is 0.356. The summed E-state index contributed by atoms with van der Waals surface area (Å²) in [5.41, 5.74) is -0.356. The van der Waals surface area contributed by atoms with Crippen LogP contribution in [0.2, 0.25) is 0 Å². The maximum atomic E-state index is 10.6. The molecule has 0 aliphatic rings. The van der Waals surface area contributed by atoms with E-state index in [9.17, 15) is 13.2 Å². The first-order valence-electron chi connectivity index (χ1n) is 5.73. The van der Waals surface area contributed by atoms with Gasteiger partial charge in [0.1, 0.15) is 5.75 Å². The number of carboxylic acid groups (broad SMARTS) is 1. The molecule has 0 spiro atoms. The quantitative estimate of drug-likeness (QED) is 0.608. The topological polar surface area (TPSA) is 101 Å². The van der Waals surface area contributed by atoms with E-state index in [0.29, 0.717) is 6.08 Å². The molecule has 0 fully saturated rings. The van der Waals surface area contributed by atoms with Crippen LogP contribution in [-0.4, -0.2) is 24.0 Å². The molecule has 2 N–H and O–H groups in total. The number of benzene rings is 1. The summed E-state index contributed by atoms with van der Waals surface area (Å²) in [6.07, 6.45) is 1.44. The van der Waals surface area contributed by atoms with Crippen LogP contribution >= 0.6 is 0 Å². The normalized spacial score (nSPS) is 15.1. The fraction of sp³-hybridized carbons (Fsp3) is 0. The molecule has 0 heterocycles. The molecule has 1 rings (SSSR count). The van der Waals surface area contributed by atoms with Crippen LogP contribution in [0.5, 0.6) is 5.75 Å². The van der Waals surface area contributed by atoms with E-state index in [0.717, 1.165) is 6.08 Å². The van der Waals surface area contributed by atoms with Gasteiger partial charge in [-0.05, 0) is 23.7 Å². The number of hydrogen-bond acceptors (Lipinski definition) is 4. The van der Waals surface area contributed by atoms with Gasteiger partial charge in [0.15, 0.2) is 0 Å². The number of rotatable bonds is 4. The summed E-state index contributed by atoms with van der Waals surface area (Å²) >= 11 is 0. The van der Waals surface area contributed by atoms with E-state index in [1.54, 1.807) is 0 Å². The van der Waals surface area contributed by atoms with Crippen molar-refractivity contribution in [1.29, 1.82) is 0 Å². The lowest BCUT2D eigenvalue weighted by Gasteiger charge is -2.00. The molecule has 0 saturated carbocycles. The second-order valence-electron chi connectivity index (χ2n) is 2.43. The van der Waals surface area contributed by atoms with Gasteiger partial charge < -0.3 is 9.29 Å². The summed E-state index contributed by atoms with van der Waals surface area (Å²) in [6, 6.07) is -3.15. The highest BCUT2D eigenvalue weighted by molar-refractivity contribution is 7.81. The molecule has 1 aromatic rings. The molecule has 0 bridgehead atoms. The molecule has 0 amide bonds. The molecule has 7 heteroatoms. The van der Waals surface area contributed by atoms with Crippen LogP contribution in [0.3, 0.4) is 0 Å². The van der Waals surface area contributed by atoms with Crippen LogP contribution in [0.15, 0.2) is 30.2 Å². The van der Waals surface area contributed by atoms with Crippen LogP contribution in [-0.2, 0) is 15.2 Å². The molecule has 0 aliphatic heterocycles. The molecule has 0 atom stereocenters. The van der Waals surface area contributed by atoms with Crippen LogP contribution in [0.1, 0.15) is 11.0 Å². The second kappa shape index (κ2) is 4.77. The zero-order valence-corrected chi connectivity index (χ0v) is 8.41. The highest BCUT2D eigenvalue weighted by Gasteiger charge is 2.05. The van der Waals surface area contributed by atoms with Gasteiger partial charge in [-0.25, -0.2) is 4.79 Å². The second-order valence-corrected chi connectivity index (χ2v) is 3.45. The van der Waals surface area contributed by atoms with E-state index >= 15 is 0 Å². The minimum atomic E-state index is -5.01. The van der Waals surface area contributed by atoms with Gasteiger partial charge in [0.2, 0.25) is 0 Å². The number of carbonyl (C=O) groups is 1. The predicted molar refractivity (Wildman–Crippen MR) is 55.3 cm³/mol. The van der Waals surface area contributed by atoms with Crippen molar-refractivity contribution in [3.8, 4) is 5.75 Å². The van der Waals surface area contributed by atoms with Crippen molar-refractivity contribution in [2.75, 3.05) is 0 Å². The first-order chi connectivity index (χ1) is 9.04. The standard InChI is InChI=1S/C9H8O6S/c10-9(11)6-3-7-1-4-8(5-2-7)15-16(12,13)14/h1-6H,(H,10,11)(H,12,13,14)/i1D,2D,4D,5D. The molecular formula is C9H8O6S. The Morgan fingerprint density at radius 1 is 1.38 bits per heavy atom. The van der Waals surface area contributed by atoms with E-state index in [-0.39, 0.29) is 5.56 Å². The Labute approximate surface area is 97.4 Å². The summed E-state index contributed by atoms with van der Waals surface area (Å²) in [5, 5.41) is 8.46. The van der Waals surface area contributed by atoms with Gasteiger partial charge in [0.25, 0.3) is 0 Å². The Hall–Kier alpha value is -1.86. The number of aliphatic carboxylic acids is 1. The largest absolute Gasteiger partial charge is 0.478 e. The summed E-state index contributed by atoms with van der Waals surface area (Å²) in [5.74, 6) is -2.34. The third-order valence-corrected chi connectivity index (χ3v) is 1.58. The lowest BCUT2D eigenvalue weighted by atomic mass is 10.2. The van der Waals surface area contributed by atoms with Crippen molar-refractivity contribution in [2.24, 2.45) is 0 Å². The molecule has 86 valence electrons. The van der Waals surface area contributed by atoms with Gasteiger partial charge in [-0.15, -0.1) is 0 Å². The molecule has 0 aliphatic carbocycles. The van der Waals surface area contributed by atoms with E-state index < -0.39 is 46.3 Å². The van der Waals surface area contributed by atoms with Gasteiger partial charge in [0, 0.05) is 6.08 Å². The molecule has 0 saturated heterocycles. The van der Waals surface area contributed by atoms with Crippen LogP contribution in [0.4, 0.5) is 0 Å². The van der Waals surface area contributed by atoms with Crippen molar-refractivity contribution in [2.45, 2.75) is 0 Å². The molecule has 1 aromatic carbocycles. The van der Waals surface area contributed by atoms with Crippen molar-refractivity contribution < 1.29 is 32.5 Å². The number of carboxylic acids is 1. The van der Waals surface area contributed by atoms with E-state index in [4.69, 9.17) is 15.1 Å². The summed E-state index contributed by atoms with van der Waals surface area (Å²) < 4.78 is 63.7. The maximum Gasteiger partial charge on any atom is 0.446 e. The van der Waals surface area contributed by atoms with Gasteiger partial charge in [-0.2, -0.15) is 8.42 Å². The predicted octanol–water partition coefficient (Wildman–Crippen LogP) is 0.966. The maximum absolute atomic E-state index is 10.6. The summed E-state index contributed by atoms with van der Waals surface area (Å²) in [4.78, 5) is 10.4. The molecule has 0 radical (unpaired) electrons. The first kappa shape index (κ1) is 7.42. The molecular weight excluding hydrogens is 236 g/mol. The van der Waals surface area contributed by atoms with Crippen molar-refractivity contribution >= 4 is 22.4 Å². The zero-order valence-electron chi connectivity index (χ0n) is 11.6. The van der Waals surface area contributed by atoms with Gasteiger partial charge in [-0.1, -0.05) is 12.1 Å². The van der Waals surface area contributed by atoms with Gasteiger partial charge >= 0.3 is 16.4 Å². The monoisotopic (exact) mass is 248 g/mol. The van der Waals surface area contributed by atoms with Gasteiger partial charge in [-0.3, -0.25) is 4.55 Å². The summed E-state index contributed by atoms with van der Waals surface area (Å²) in [6.45, 7) is 0. The Kier molecular flexibility index (Phi) is 2.21. The third kappa shape index (κ3) is 4.58. The Morgan fingerprint density at radius 2 is 1.94 bits per heavy atom. The van der Waals surface area contributed by atoms with Crippen LogP contribution in [0.25, 0.3) is 6.08 Å². The minimum Gasteiger partial charge on any atom is -0.478 e. The Bertz CT molecular complexity index is 668. The average molecular weight is 248 g/mol. The molecule has 0 unspecified atom stereocenters. The van der Waals surface area contributed by atoms with E-state index in [1.165, 1.54) is 0 Å². The Balaban J connectivity index is 3.53. The van der Waals surface area contributed by atoms with Gasteiger partial charge in [0.05, 0.1) is 5.48 Å². The highest BCUT2D eigenvalue weighted by atomic mass is 32.3. The number of hydrogen-bond donors (Lipinski definition) is 2. The molecule has 16 heavy (non-hydrogen) atoms. The highest BCUT2D eigenvalue weighted by Crippen LogP contribution is 2.14. The van der Waals surface area contributed by atoms with Crippen LogP contribution in [0, 0.1) is 0 Å². The zero-order chi connectivity index (χ0) is 15.7. The Morgan fingerprint density at radius 3 is 2.38 bits per heavy atom. The van der Waals surface area contributed by atoms with Crippen molar-refractivity contribution in [3.63, 3.8) is 0 Å². The van der Waals surface area contributed by atoms with Crippen LogP contribution < -0.4 is 4.18 Å². The first-order valence-corrected chi connectivity index (χ1v) is 5.09. The fourth-order valence-corrected chi connectivity index (χ4v) is 0.990. The van der Waals surface area contributed by atoms with E-state index in [1.807, 2.05) is 0 Å². The lowest BCUT2D eigenvalue weighted by molar-refractivity contribution is -0.131. The van der Waals surface area contributed by atoms with Crippen molar-refractivity contribution in [1.82, 2.24) is 0 Å².